The van der Waals surface area contributed by atoms with Crippen LogP contribution in [0.3, 0.4) is 0 Å². The number of fused-ring (bicyclic) bond motifs is 1. The Bertz CT molecular complexity index is 839. The van der Waals surface area contributed by atoms with Gasteiger partial charge >= 0.3 is 6.03 Å². The Morgan fingerprint density at radius 1 is 1.24 bits per heavy atom. The number of hydrogen-bond acceptors (Lipinski definition) is 5. The second-order valence-corrected chi connectivity index (χ2v) is 6.84. The number of hydrogen-bond donors (Lipinski definition) is 1. The van der Waals surface area contributed by atoms with Crippen molar-refractivity contribution in [3.05, 3.63) is 29.6 Å². The average molecular weight is 343 g/mol. The summed E-state index contributed by atoms with van der Waals surface area (Å²) in [5.41, 5.74) is -0.441. The molecule has 0 aromatic carbocycles. The summed E-state index contributed by atoms with van der Waals surface area (Å²) in [6.45, 7) is 2.67. The minimum Gasteiger partial charge on any atom is -0.319 e. The second kappa shape index (κ2) is 5.68. The molecule has 2 aliphatic heterocycles. The van der Waals surface area contributed by atoms with E-state index in [2.05, 4.69) is 20.6 Å². The summed E-state index contributed by atoms with van der Waals surface area (Å²) in [6, 6.07) is -0.415. The summed E-state index contributed by atoms with van der Waals surface area (Å²) in [7, 11) is 1.78. The van der Waals surface area contributed by atoms with Crippen LogP contribution in [0.5, 0.6) is 0 Å². The number of rotatable bonds is 3. The molecular formula is C16H21N7O2. The molecule has 3 amide bonds. The molecule has 0 bridgehead atoms. The van der Waals surface area contributed by atoms with Crippen LogP contribution in [0, 0.1) is 0 Å². The van der Waals surface area contributed by atoms with Crippen LogP contribution < -0.4 is 5.32 Å². The maximum atomic E-state index is 13.0. The highest BCUT2D eigenvalue weighted by molar-refractivity contribution is 6.07. The molecule has 2 aliphatic rings. The first kappa shape index (κ1) is 15.8. The van der Waals surface area contributed by atoms with Crippen LogP contribution in [0.25, 0.3) is 0 Å². The smallest absolute Gasteiger partial charge is 0.319 e. The molecule has 1 atom stereocenters. The zero-order chi connectivity index (χ0) is 17.6. The first-order valence-corrected chi connectivity index (χ1v) is 8.53. The molecule has 2 aromatic rings. The Hall–Kier alpha value is -2.71. The van der Waals surface area contributed by atoms with Gasteiger partial charge in [0.1, 0.15) is 11.4 Å². The Morgan fingerprint density at radius 3 is 2.84 bits per heavy atom. The number of carbonyl (C=O) groups is 2. The third-order valence-electron chi connectivity index (χ3n) is 5.04. The molecule has 4 rings (SSSR count). The van der Waals surface area contributed by atoms with E-state index in [9.17, 15) is 9.59 Å². The first-order chi connectivity index (χ1) is 12.0. The number of amides is 3. The van der Waals surface area contributed by atoms with Gasteiger partial charge in [0.2, 0.25) is 0 Å². The predicted molar refractivity (Wildman–Crippen MR) is 87.2 cm³/mol. The summed E-state index contributed by atoms with van der Waals surface area (Å²) >= 11 is 0. The number of aromatic nitrogens is 5. The lowest BCUT2D eigenvalue weighted by molar-refractivity contribution is -0.131. The van der Waals surface area contributed by atoms with Crippen LogP contribution in [-0.4, -0.2) is 41.4 Å². The molecule has 9 nitrogen and oxygen atoms in total. The molecule has 2 aromatic heterocycles. The summed E-state index contributed by atoms with van der Waals surface area (Å²) in [5.74, 6) is 1.31. The van der Waals surface area contributed by atoms with E-state index < -0.39 is 11.6 Å². The topological polar surface area (TPSA) is 97.9 Å². The number of urea groups is 1. The van der Waals surface area contributed by atoms with Crippen molar-refractivity contribution in [2.24, 2.45) is 7.05 Å². The fourth-order valence-corrected chi connectivity index (χ4v) is 3.52. The Morgan fingerprint density at radius 2 is 2.08 bits per heavy atom. The minimum atomic E-state index is -1.10. The zero-order valence-electron chi connectivity index (χ0n) is 14.4. The Kier molecular flexibility index (Phi) is 3.59. The summed E-state index contributed by atoms with van der Waals surface area (Å²) in [5, 5.41) is 15.3. The molecule has 1 fully saturated rings. The van der Waals surface area contributed by atoms with Gasteiger partial charge in [-0.1, -0.05) is 6.42 Å². The Labute approximate surface area is 145 Å². The lowest BCUT2D eigenvalue weighted by atomic mass is 9.95. The van der Waals surface area contributed by atoms with E-state index in [-0.39, 0.29) is 12.5 Å². The minimum absolute atomic E-state index is 0.132. The second-order valence-electron chi connectivity index (χ2n) is 6.84. The maximum Gasteiger partial charge on any atom is 0.325 e. The van der Waals surface area contributed by atoms with Crippen LogP contribution in [0.4, 0.5) is 4.79 Å². The number of nitrogens with one attached hydrogen (secondary N) is 1. The standard InChI is InChI=1S/C16H21N7O2/c1-16(11-8-17-21(2)9-11)14(24)23(15(25)18-16)10-13-20-19-12-6-4-3-5-7-22(12)13/h8-9H,3-7,10H2,1-2H3,(H,18,25). The van der Waals surface area contributed by atoms with E-state index in [0.29, 0.717) is 11.4 Å². The molecule has 4 heterocycles. The average Bonchev–Trinajstić information content (AvgIpc) is 3.17. The monoisotopic (exact) mass is 343 g/mol. The normalized spacial score (nSPS) is 23.5. The molecule has 9 heteroatoms. The first-order valence-electron chi connectivity index (χ1n) is 8.53. The molecule has 1 saturated heterocycles. The van der Waals surface area contributed by atoms with Gasteiger partial charge in [-0.2, -0.15) is 5.10 Å². The summed E-state index contributed by atoms with van der Waals surface area (Å²) < 4.78 is 3.66. The van der Waals surface area contributed by atoms with Gasteiger partial charge in [0, 0.05) is 31.8 Å². The molecule has 132 valence electrons. The van der Waals surface area contributed by atoms with Crippen molar-refractivity contribution < 1.29 is 9.59 Å². The van der Waals surface area contributed by atoms with Crippen molar-refractivity contribution in [3.8, 4) is 0 Å². The molecule has 1 N–H and O–H groups in total. The fourth-order valence-electron chi connectivity index (χ4n) is 3.52. The van der Waals surface area contributed by atoms with Gasteiger partial charge in [-0.15, -0.1) is 10.2 Å². The van der Waals surface area contributed by atoms with Gasteiger partial charge in [0.25, 0.3) is 5.91 Å². The van der Waals surface area contributed by atoms with Crippen LogP contribution in [0.2, 0.25) is 0 Å². The number of nitrogens with zero attached hydrogens (tertiary/aromatic N) is 6. The van der Waals surface area contributed by atoms with Crippen LogP contribution >= 0.6 is 0 Å². The molecule has 0 saturated carbocycles. The molecule has 1 unspecified atom stereocenters. The third kappa shape index (κ3) is 2.50. The van der Waals surface area contributed by atoms with Gasteiger partial charge in [-0.25, -0.2) is 4.79 Å². The van der Waals surface area contributed by atoms with Crippen molar-refractivity contribution in [3.63, 3.8) is 0 Å². The summed E-state index contributed by atoms with van der Waals surface area (Å²) in [6.07, 6.45) is 7.55. The molecule has 0 spiro atoms. The van der Waals surface area contributed by atoms with Gasteiger partial charge in [-0.05, 0) is 19.8 Å². The Balaban J connectivity index is 1.61. The van der Waals surface area contributed by atoms with E-state index in [4.69, 9.17) is 0 Å². The van der Waals surface area contributed by atoms with Crippen molar-refractivity contribution >= 4 is 11.9 Å². The third-order valence-corrected chi connectivity index (χ3v) is 5.04. The van der Waals surface area contributed by atoms with Crippen molar-refractivity contribution in [2.75, 3.05) is 0 Å². The molecule has 25 heavy (non-hydrogen) atoms. The number of aryl methyl sites for hydroxylation is 2. The van der Waals surface area contributed by atoms with Gasteiger partial charge < -0.3 is 9.88 Å². The fraction of sp³-hybridized carbons (Fsp3) is 0.562. The maximum absolute atomic E-state index is 13.0. The summed E-state index contributed by atoms with van der Waals surface area (Å²) in [4.78, 5) is 26.6. The lowest BCUT2D eigenvalue weighted by Crippen LogP contribution is -2.40. The van der Waals surface area contributed by atoms with E-state index in [0.717, 1.165) is 38.1 Å². The van der Waals surface area contributed by atoms with Crippen LogP contribution in [-0.2, 0) is 36.9 Å². The van der Waals surface area contributed by atoms with Crippen LogP contribution in [0.1, 0.15) is 43.4 Å². The van der Waals surface area contributed by atoms with E-state index >= 15 is 0 Å². The lowest BCUT2D eigenvalue weighted by Gasteiger charge is -2.20. The van der Waals surface area contributed by atoms with Gasteiger partial charge in [-0.3, -0.25) is 14.4 Å². The van der Waals surface area contributed by atoms with E-state index in [1.807, 2.05) is 4.57 Å². The van der Waals surface area contributed by atoms with E-state index in [1.54, 1.807) is 31.0 Å². The highest BCUT2D eigenvalue weighted by Gasteiger charge is 2.50. The van der Waals surface area contributed by atoms with Crippen molar-refractivity contribution in [1.82, 2.24) is 34.8 Å². The number of imide groups is 1. The van der Waals surface area contributed by atoms with E-state index in [1.165, 1.54) is 4.90 Å². The van der Waals surface area contributed by atoms with Gasteiger partial charge in [0.15, 0.2) is 5.82 Å². The quantitative estimate of drug-likeness (QED) is 0.828. The highest BCUT2D eigenvalue weighted by atomic mass is 16.2. The molecular weight excluding hydrogens is 322 g/mol. The van der Waals surface area contributed by atoms with Crippen molar-refractivity contribution in [2.45, 2.75) is 51.2 Å². The van der Waals surface area contributed by atoms with Crippen LogP contribution in [0.15, 0.2) is 12.4 Å². The zero-order valence-corrected chi connectivity index (χ0v) is 14.4. The molecule has 0 radical (unpaired) electrons. The largest absolute Gasteiger partial charge is 0.325 e. The SMILES string of the molecule is Cn1cc(C2(C)NC(=O)N(Cc3nnc4n3CCCCC4)C2=O)cn1. The predicted octanol–water partition coefficient (Wildman–Crippen LogP) is 0.705. The highest BCUT2D eigenvalue weighted by Crippen LogP contribution is 2.29. The number of carbonyl (C=O) groups excluding carboxylic acids is 2. The molecule has 0 aliphatic carbocycles. The van der Waals surface area contributed by atoms with Crippen molar-refractivity contribution in [1.29, 1.82) is 0 Å². The van der Waals surface area contributed by atoms with Gasteiger partial charge in [0.05, 0.1) is 12.7 Å².